The summed E-state index contributed by atoms with van der Waals surface area (Å²) < 4.78 is 1.55. The lowest BCUT2D eigenvalue weighted by Gasteiger charge is -2.30. The molecule has 96 valence electrons. The molecule has 0 amide bonds. The van der Waals surface area contributed by atoms with Crippen LogP contribution >= 0.6 is 0 Å². The molecule has 0 spiro atoms. The molecule has 0 aromatic carbocycles. The van der Waals surface area contributed by atoms with Gasteiger partial charge in [0.15, 0.2) is 0 Å². The molecule has 0 saturated carbocycles. The maximum Gasteiger partial charge on any atom is 0.290 e. The summed E-state index contributed by atoms with van der Waals surface area (Å²) in [5, 5.41) is 14.0. The van der Waals surface area contributed by atoms with Crippen LogP contribution in [0.4, 0.5) is 5.95 Å². The molecule has 1 aliphatic heterocycles. The zero-order valence-corrected chi connectivity index (χ0v) is 10.3. The molecule has 7 nitrogen and oxygen atoms in total. The first-order valence-electron chi connectivity index (χ1n) is 6.11. The Hall–Kier alpha value is -1.89. The zero-order valence-electron chi connectivity index (χ0n) is 10.3. The highest BCUT2D eigenvalue weighted by molar-refractivity contribution is 5.47. The first-order valence-corrected chi connectivity index (χ1v) is 6.11. The van der Waals surface area contributed by atoms with E-state index in [-0.39, 0.29) is 5.56 Å². The highest BCUT2D eigenvalue weighted by Crippen LogP contribution is 2.13. The van der Waals surface area contributed by atoms with Crippen LogP contribution in [0.15, 0.2) is 17.1 Å². The summed E-state index contributed by atoms with van der Waals surface area (Å²) in [6.45, 7) is 2.11. The van der Waals surface area contributed by atoms with Crippen molar-refractivity contribution in [2.75, 3.05) is 25.5 Å². The number of aromatic amines is 1. The molecule has 1 atom stereocenters. The molecule has 2 N–H and O–H groups in total. The molecule has 3 heterocycles. The van der Waals surface area contributed by atoms with Gasteiger partial charge in [0.2, 0.25) is 5.95 Å². The van der Waals surface area contributed by atoms with Crippen LogP contribution in [-0.2, 0) is 0 Å². The second-order valence-electron chi connectivity index (χ2n) is 4.75. The minimum absolute atomic E-state index is 0.223. The van der Waals surface area contributed by atoms with Crippen molar-refractivity contribution in [2.24, 2.45) is 0 Å². The maximum atomic E-state index is 11.5. The third kappa shape index (κ3) is 1.97. The number of hydrogen-bond donors (Lipinski definition) is 2. The Bertz CT molecular complexity index is 603. The van der Waals surface area contributed by atoms with Crippen molar-refractivity contribution in [2.45, 2.75) is 18.9 Å². The van der Waals surface area contributed by atoms with Crippen LogP contribution in [0.25, 0.3) is 5.52 Å². The Balaban J connectivity index is 1.88. The van der Waals surface area contributed by atoms with E-state index in [2.05, 4.69) is 32.6 Å². The van der Waals surface area contributed by atoms with Crippen molar-refractivity contribution >= 4 is 11.5 Å². The van der Waals surface area contributed by atoms with E-state index in [0.29, 0.717) is 17.5 Å². The minimum Gasteiger partial charge on any atom is -0.349 e. The van der Waals surface area contributed by atoms with E-state index < -0.39 is 0 Å². The number of likely N-dealkylation sites (N-methyl/N-ethyl adjacent to an activating group) is 1. The number of aromatic nitrogens is 4. The van der Waals surface area contributed by atoms with Gasteiger partial charge in [-0.2, -0.15) is 9.61 Å². The second kappa shape index (κ2) is 4.41. The van der Waals surface area contributed by atoms with Crippen LogP contribution in [0.2, 0.25) is 0 Å². The summed E-state index contributed by atoms with van der Waals surface area (Å²) in [7, 11) is 2.11. The Morgan fingerprint density at radius 3 is 3.28 bits per heavy atom. The van der Waals surface area contributed by atoms with Crippen molar-refractivity contribution in [1.29, 1.82) is 0 Å². The molecule has 0 aliphatic carbocycles. The van der Waals surface area contributed by atoms with Gasteiger partial charge in [-0.1, -0.05) is 0 Å². The molecule has 18 heavy (non-hydrogen) atoms. The normalized spacial score (nSPS) is 21.3. The number of hydrogen-bond acceptors (Lipinski definition) is 5. The lowest BCUT2D eigenvalue weighted by atomic mass is 10.1. The summed E-state index contributed by atoms with van der Waals surface area (Å²) in [4.78, 5) is 13.8. The number of likely N-dealkylation sites (tertiary alicyclic amines) is 1. The van der Waals surface area contributed by atoms with Crippen molar-refractivity contribution in [3.63, 3.8) is 0 Å². The molecular formula is C11H16N6O. The molecule has 3 rings (SSSR count). The third-order valence-corrected chi connectivity index (χ3v) is 3.30. The quantitative estimate of drug-likeness (QED) is 0.777. The molecule has 1 unspecified atom stereocenters. The van der Waals surface area contributed by atoms with E-state index >= 15 is 0 Å². The van der Waals surface area contributed by atoms with Crippen LogP contribution in [0.5, 0.6) is 0 Å². The lowest BCUT2D eigenvalue weighted by molar-refractivity contribution is 0.260. The number of nitrogens with one attached hydrogen (secondary N) is 2. The van der Waals surface area contributed by atoms with Crippen molar-refractivity contribution in [3.05, 3.63) is 22.6 Å². The number of rotatable bonds is 2. The SMILES string of the molecule is CN1CCCC(Nc2n[nH]c(=O)c3ccnn23)C1. The summed E-state index contributed by atoms with van der Waals surface area (Å²) in [6, 6.07) is 2.02. The minimum atomic E-state index is -0.223. The Morgan fingerprint density at radius 2 is 2.44 bits per heavy atom. The first-order chi connectivity index (χ1) is 8.74. The molecule has 0 radical (unpaired) electrons. The van der Waals surface area contributed by atoms with Gasteiger partial charge in [-0.3, -0.25) is 4.79 Å². The molecule has 1 fully saturated rings. The van der Waals surface area contributed by atoms with E-state index in [4.69, 9.17) is 0 Å². The zero-order chi connectivity index (χ0) is 12.5. The van der Waals surface area contributed by atoms with E-state index in [9.17, 15) is 4.79 Å². The van der Waals surface area contributed by atoms with E-state index in [0.717, 1.165) is 19.5 Å². The average Bonchev–Trinajstić information content (AvgIpc) is 2.83. The Morgan fingerprint density at radius 1 is 1.56 bits per heavy atom. The molecule has 1 aliphatic rings. The van der Waals surface area contributed by atoms with E-state index in [1.807, 2.05) is 0 Å². The lowest BCUT2D eigenvalue weighted by Crippen LogP contribution is -2.40. The summed E-state index contributed by atoms with van der Waals surface area (Å²) in [5.74, 6) is 0.593. The van der Waals surface area contributed by atoms with Crippen molar-refractivity contribution in [1.82, 2.24) is 24.7 Å². The number of nitrogens with zero attached hydrogens (tertiary/aromatic N) is 4. The Labute approximate surface area is 104 Å². The van der Waals surface area contributed by atoms with Gasteiger partial charge in [0.25, 0.3) is 5.56 Å². The largest absolute Gasteiger partial charge is 0.349 e. The molecule has 2 aromatic rings. The molecule has 0 bridgehead atoms. The fourth-order valence-electron chi connectivity index (χ4n) is 2.41. The molecule has 2 aromatic heterocycles. The third-order valence-electron chi connectivity index (χ3n) is 3.30. The van der Waals surface area contributed by atoms with Gasteiger partial charge in [-0.05, 0) is 32.5 Å². The topological polar surface area (TPSA) is 78.3 Å². The maximum absolute atomic E-state index is 11.5. The average molecular weight is 248 g/mol. The summed E-state index contributed by atoms with van der Waals surface area (Å²) in [6.07, 6.45) is 3.87. The fraction of sp³-hybridized carbons (Fsp3) is 0.545. The van der Waals surface area contributed by atoms with Gasteiger partial charge >= 0.3 is 0 Å². The van der Waals surface area contributed by atoms with E-state index in [1.54, 1.807) is 16.8 Å². The number of fused-ring (bicyclic) bond motifs is 1. The van der Waals surface area contributed by atoms with Crippen LogP contribution in [0.1, 0.15) is 12.8 Å². The van der Waals surface area contributed by atoms with Crippen molar-refractivity contribution < 1.29 is 0 Å². The monoisotopic (exact) mass is 248 g/mol. The first kappa shape index (κ1) is 11.2. The van der Waals surface area contributed by atoms with Gasteiger partial charge in [0.1, 0.15) is 5.52 Å². The number of H-pyrrole nitrogens is 1. The number of piperidine rings is 1. The second-order valence-corrected chi connectivity index (χ2v) is 4.75. The molecular weight excluding hydrogens is 232 g/mol. The van der Waals surface area contributed by atoms with Gasteiger partial charge in [0.05, 0.1) is 6.20 Å². The number of anilines is 1. The smallest absolute Gasteiger partial charge is 0.290 e. The van der Waals surface area contributed by atoms with Crippen LogP contribution in [-0.4, -0.2) is 50.9 Å². The molecule has 1 saturated heterocycles. The standard InChI is InChI=1S/C11H16N6O/c1-16-6-2-3-8(7-16)13-11-15-14-10(18)9-4-5-12-17(9)11/h4-5,8H,2-3,6-7H2,1H3,(H,13,15)(H,14,18). The van der Waals surface area contributed by atoms with Gasteiger partial charge < -0.3 is 10.2 Å². The Kier molecular flexibility index (Phi) is 2.75. The van der Waals surface area contributed by atoms with Gasteiger partial charge in [0, 0.05) is 12.6 Å². The fourth-order valence-corrected chi connectivity index (χ4v) is 2.41. The highest BCUT2D eigenvalue weighted by atomic mass is 16.1. The molecule has 7 heteroatoms. The summed E-state index contributed by atoms with van der Waals surface area (Å²) in [5.41, 5.74) is 0.287. The highest BCUT2D eigenvalue weighted by Gasteiger charge is 2.18. The van der Waals surface area contributed by atoms with Crippen molar-refractivity contribution in [3.8, 4) is 0 Å². The predicted molar refractivity (Wildman–Crippen MR) is 67.7 cm³/mol. The van der Waals surface area contributed by atoms with Crippen LogP contribution in [0.3, 0.4) is 0 Å². The van der Waals surface area contributed by atoms with Crippen LogP contribution < -0.4 is 10.9 Å². The predicted octanol–water partition coefficient (Wildman–Crippen LogP) is -0.0763. The van der Waals surface area contributed by atoms with E-state index in [1.165, 1.54) is 6.42 Å². The van der Waals surface area contributed by atoms with Gasteiger partial charge in [-0.15, -0.1) is 5.10 Å². The summed E-state index contributed by atoms with van der Waals surface area (Å²) >= 11 is 0. The van der Waals surface area contributed by atoms with Crippen LogP contribution in [0, 0.1) is 0 Å². The van der Waals surface area contributed by atoms with Gasteiger partial charge in [-0.25, -0.2) is 5.10 Å².